The number of benzene rings is 1. The second-order valence-electron chi connectivity index (χ2n) is 4.94. The maximum absolute atomic E-state index is 12.2. The minimum atomic E-state index is -3.03. The van der Waals surface area contributed by atoms with Crippen LogP contribution in [0.5, 0.6) is 5.75 Å². The fraction of sp³-hybridized carbons (Fsp3) is 0.462. The van der Waals surface area contributed by atoms with E-state index in [-0.39, 0.29) is 17.5 Å². The number of sulfone groups is 1. The molecule has 8 heteroatoms. The highest BCUT2D eigenvalue weighted by molar-refractivity contribution is 7.91. The Kier molecular flexibility index (Phi) is 4.63. The third-order valence-electron chi connectivity index (χ3n) is 3.48. The summed E-state index contributed by atoms with van der Waals surface area (Å²) in [5, 5.41) is 3.16. The molecule has 1 heterocycles. The molecule has 1 aromatic carbocycles. The van der Waals surface area contributed by atoms with Crippen molar-refractivity contribution in [1.82, 2.24) is 4.90 Å². The number of nitrogens with one attached hydrogen (secondary N) is 1. The molecule has 1 aromatic rings. The van der Waals surface area contributed by atoms with Crippen LogP contribution in [0.4, 0.5) is 10.5 Å². The van der Waals surface area contributed by atoms with E-state index in [2.05, 4.69) is 5.32 Å². The zero-order valence-corrected chi connectivity index (χ0v) is 13.4. The Morgan fingerprint density at radius 2 is 2.19 bits per heavy atom. The lowest BCUT2D eigenvalue weighted by molar-refractivity contribution is 0.209. The number of carbonyl (C=O) groups is 1. The van der Waals surface area contributed by atoms with E-state index in [4.69, 9.17) is 16.3 Å². The second-order valence-corrected chi connectivity index (χ2v) is 7.61. The van der Waals surface area contributed by atoms with Crippen LogP contribution in [0.1, 0.15) is 6.42 Å². The Balaban J connectivity index is 2.09. The van der Waals surface area contributed by atoms with E-state index in [9.17, 15) is 13.2 Å². The number of rotatable bonds is 3. The number of halogens is 1. The zero-order chi connectivity index (χ0) is 15.6. The van der Waals surface area contributed by atoms with Gasteiger partial charge in [0.2, 0.25) is 0 Å². The molecular weight excluding hydrogens is 316 g/mol. The van der Waals surface area contributed by atoms with Crippen molar-refractivity contribution in [1.29, 1.82) is 0 Å². The molecule has 0 aromatic heterocycles. The van der Waals surface area contributed by atoms with Crippen LogP contribution >= 0.6 is 11.6 Å². The van der Waals surface area contributed by atoms with Crippen molar-refractivity contribution in [2.75, 3.05) is 31.0 Å². The molecule has 1 saturated heterocycles. The number of amides is 2. The Morgan fingerprint density at radius 1 is 1.48 bits per heavy atom. The average Bonchev–Trinajstić information content (AvgIpc) is 2.78. The van der Waals surface area contributed by atoms with Gasteiger partial charge in [0.25, 0.3) is 0 Å². The number of nitrogens with zero attached hydrogens (tertiary/aromatic N) is 1. The maximum Gasteiger partial charge on any atom is 0.321 e. The number of hydrogen-bond acceptors (Lipinski definition) is 4. The number of anilines is 1. The normalized spacial score (nSPS) is 20.0. The quantitative estimate of drug-likeness (QED) is 0.918. The van der Waals surface area contributed by atoms with Gasteiger partial charge in [-0.05, 0) is 24.6 Å². The van der Waals surface area contributed by atoms with E-state index in [1.54, 1.807) is 25.2 Å². The lowest BCUT2D eigenvalue weighted by Crippen LogP contribution is -2.40. The van der Waals surface area contributed by atoms with E-state index in [1.165, 1.54) is 12.0 Å². The van der Waals surface area contributed by atoms with Crippen molar-refractivity contribution in [3.8, 4) is 5.75 Å². The molecule has 0 aliphatic carbocycles. The summed E-state index contributed by atoms with van der Waals surface area (Å²) in [6.45, 7) is 0. The highest BCUT2D eigenvalue weighted by atomic mass is 35.5. The van der Waals surface area contributed by atoms with Crippen molar-refractivity contribution in [3.05, 3.63) is 23.2 Å². The predicted molar refractivity (Wildman–Crippen MR) is 81.8 cm³/mol. The van der Waals surface area contributed by atoms with E-state index in [1.807, 2.05) is 0 Å². The third kappa shape index (κ3) is 3.79. The smallest absolute Gasteiger partial charge is 0.321 e. The molecule has 6 nitrogen and oxygen atoms in total. The van der Waals surface area contributed by atoms with E-state index in [0.717, 1.165) is 0 Å². The maximum atomic E-state index is 12.2. The van der Waals surface area contributed by atoms with Crippen molar-refractivity contribution >= 4 is 33.2 Å². The molecule has 0 saturated carbocycles. The van der Waals surface area contributed by atoms with Crippen LogP contribution in [0, 0.1) is 0 Å². The highest BCUT2D eigenvalue weighted by Gasteiger charge is 2.32. The van der Waals surface area contributed by atoms with Crippen LogP contribution < -0.4 is 10.1 Å². The summed E-state index contributed by atoms with van der Waals surface area (Å²) in [5.74, 6) is 0.611. The lowest BCUT2D eigenvalue weighted by Gasteiger charge is -2.24. The van der Waals surface area contributed by atoms with Gasteiger partial charge in [-0.3, -0.25) is 0 Å². The van der Waals surface area contributed by atoms with Gasteiger partial charge in [0.15, 0.2) is 9.84 Å². The predicted octanol–water partition coefficient (Wildman–Crippen LogP) is 2.00. The van der Waals surface area contributed by atoms with E-state index in [0.29, 0.717) is 22.9 Å². The summed E-state index contributed by atoms with van der Waals surface area (Å²) in [6.07, 6.45) is 0.457. The van der Waals surface area contributed by atoms with Crippen molar-refractivity contribution in [3.63, 3.8) is 0 Å². The van der Waals surface area contributed by atoms with Crippen LogP contribution in [0.2, 0.25) is 5.02 Å². The monoisotopic (exact) mass is 332 g/mol. The number of ether oxygens (including phenoxy) is 1. The first-order valence-electron chi connectivity index (χ1n) is 6.40. The summed E-state index contributed by atoms with van der Waals surface area (Å²) in [4.78, 5) is 13.6. The highest BCUT2D eigenvalue weighted by Crippen LogP contribution is 2.28. The van der Waals surface area contributed by atoms with Crippen LogP contribution in [0.3, 0.4) is 0 Å². The van der Waals surface area contributed by atoms with Crippen molar-refractivity contribution in [2.45, 2.75) is 12.5 Å². The van der Waals surface area contributed by atoms with Gasteiger partial charge in [-0.2, -0.15) is 0 Å². The van der Waals surface area contributed by atoms with Gasteiger partial charge < -0.3 is 15.0 Å². The van der Waals surface area contributed by atoms with Gasteiger partial charge >= 0.3 is 6.03 Å². The first-order valence-corrected chi connectivity index (χ1v) is 8.60. The largest absolute Gasteiger partial charge is 0.495 e. The summed E-state index contributed by atoms with van der Waals surface area (Å²) < 4.78 is 28.1. The molecule has 2 amide bonds. The zero-order valence-electron chi connectivity index (χ0n) is 11.8. The fourth-order valence-corrected chi connectivity index (χ4v) is 4.17. The number of hydrogen-bond donors (Lipinski definition) is 1. The molecule has 1 aliphatic rings. The molecule has 2 rings (SSSR count). The topological polar surface area (TPSA) is 75.7 Å². The Labute approximate surface area is 128 Å². The van der Waals surface area contributed by atoms with Gasteiger partial charge in [0.05, 0.1) is 24.3 Å². The fourth-order valence-electron chi connectivity index (χ4n) is 2.23. The SMILES string of the molecule is COc1ccc(Cl)cc1NC(=O)N(C)C1CCS(=O)(=O)C1. The Morgan fingerprint density at radius 3 is 2.76 bits per heavy atom. The first kappa shape index (κ1) is 15.9. The van der Waals surface area contributed by atoms with E-state index >= 15 is 0 Å². The minimum Gasteiger partial charge on any atom is -0.495 e. The molecule has 1 atom stereocenters. The van der Waals surface area contributed by atoms with Crippen LogP contribution in [0.25, 0.3) is 0 Å². The number of carbonyl (C=O) groups excluding carboxylic acids is 1. The first-order chi connectivity index (χ1) is 9.82. The molecule has 0 spiro atoms. The second kappa shape index (κ2) is 6.11. The van der Waals surface area contributed by atoms with E-state index < -0.39 is 15.9 Å². The number of methoxy groups -OCH3 is 1. The van der Waals surface area contributed by atoms with Gasteiger partial charge in [0, 0.05) is 18.1 Å². The van der Waals surface area contributed by atoms with Crippen LogP contribution in [-0.2, 0) is 9.84 Å². The van der Waals surface area contributed by atoms with Gasteiger partial charge in [-0.15, -0.1) is 0 Å². The molecule has 1 fully saturated rings. The molecule has 0 bridgehead atoms. The Bertz CT molecular complexity index is 648. The summed E-state index contributed by atoms with van der Waals surface area (Å²) in [7, 11) is 0.0396. The van der Waals surface area contributed by atoms with Gasteiger partial charge in [0.1, 0.15) is 5.75 Å². The summed E-state index contributed by atoms with van der Waals surface area (Å²) in [5.41, 5.74) is 0.447. The standard InChI is InChI=1S/C13H17ClN2O4S/c1-16(10-5-6-21(18,19)8-10)13(17)15-11-7-9(14)3-4-12(11)20-2/h3-4,7,10H,5-6,8H2,1-2H3,(H,15,17). The molecule has 1 aliphatic heterocycles. The summed E-state index contributed by atoms with van der Waals surface area (Å²) >= 11 is 5.90. The molecule has 1 unspecified atom stereocenters. The molecule has 0 radical (unpaired) electrons. The van der Waals surface area contributed by atoms with Crippen LogP contribution in [0.15, 0.2) is 18.2 Å². The molecular formula is C13H17ClN2O4S. The minimum absolute atomic E-state index is 0.00357. The molecule has 21 heavy (non-hydrogen) atoms. The average molecular weight is 333 g/mol. The van der Waals surface area contributed by atoms with Gasteiger partial charge in [-0.25, -0.2) is 13.2 Å². The Hall–Kier alpha value is -1.47. The molecule has 116 valence electrons. The number of urea groups is 1. The third-order valence-corrected chi connectivity index (χ3v) is 5.47. The van der Waals surface area contributed by atoms with Crippen molar-refractivity contribution < 1.29 is 17.9 Å². The van der Waals surface area contributed by atoms with Gasteiger partial charge in [-0.1, -0.05) is 11.6 Å². The molecule has 1 N–H and O–H groups in total. The lowest BCUT2D eigenvalue weighted by atomic mass is 10.2. The summed E-state index contributed by atoms with van der Waals surface area (Å²) in [6, 6.07) is 4.19. The van der Waals surface area contributed by atoms with Crippen molar-refractivity contribution in [2.24, 2.45) is 0 Å². The van der Waals surface area contributed by atoms with Crippen LogP contribution in [-0.4, -0.2) is 51.1 Å².